The van der Waals surface area contributed by atoms with E-state index in [2.05, 4.69) is 76.4 Å². The highest BCUT2D eigenvalue weighted by Crippen LogP contribution is 2.30. The highest BCUT2D eigenvalue weighted by Gasteiger charge is 2.08. The average Bonchev–Trinajstić information content (AvgIpc) is 2.74. The summed E-state index contributed by atoms with van der Waals surface area (Å²) in [7, 11) is 0. The monoisotopic (exact) mass is 497 g/mol. The SMILES string of the molecule is NCCc1ccc(OCCCNc2c3ccccc3nc3ccccc23)c(I)c1. The predicted octanol–water partition coefficient (Wildman–Crippen LogP) is 5.37. The molecule has 0 saturated heterocycles. The standard InChI is InChI=1S/C24H24IN3O/c25-20-16-17(12-13-26)10-11-23(20)29-15-5-14-27-24-18-6-1-3-8-21(18)28-22-9-4-2-7-19(22)24/h1-4,6-11,16H,5,12-15,26H2,(H,27,28). The fourth-order valence-corrected chi connectivity index (χ4v) is 4.22. The van der Waals surface area contributed by atoms with Crippen molar-refractivity contribution in [2.24, 2.45) is 5.73 Å². The lowest BCUT2D eigenvalue weighted by molar-refractivity contribution is 0.313. The van der Waals surface area contributed by atoms with Crippen LogP contribution >= 0.6 is 22.6 Å². The van der Waals surface area contributed by atoms with Gasteiger partial charge in [0.05, 0.1) is 26.9 Å². The molecule has 3 N–H and O–H groups in total. The Hall–Kier alpha value is -2.38. The Labute approximate surface area is 184 Å². The van der Waals surface area contributed by atoms with Gasteiger partial charge in [0, 0.05) is 17.3 Å². The number of fused-ring (bicyclic) bond motifs is 2. The quantitative estimate of drug-likeness (QED) is 0.195. The number of para-hydroxylation sites is 2. The molecule has 4 rings (SSSR count). The zero-order chi connectivity index (χ0) is 20.1. The van der Waals surface area contributed by atoms with Crippen molar-refractivity contribution >= 4 is 50.1 Å². The maximum absolute atomic E-state index is 5.99. The van der Waals surface area contributed by atoms with E-state index in [0.29, 0.717) is 13.2 Å². The van der Waals surface area contributed by atoms with Crippen molar-refractivity contribution in [1.82, 2.24) is 4.98 Å². The van der Waals surface area contributed by atoms with Crippen LogP contribution < -0.4 is 15.8 Å². The lowest BCUT2D eigenvalue weighted by Gasteiger charge is -2.14. The molecule has 0 radical (unpaired) electrons. The first kappa shape index (κ1) is 19.9. The molecule has 1 heterocycles. The Morgan fingerprint density at radius 1 is 0.931 bits per heavy atom. The third-order valence-electron chi connectivity index (χ3n) is 4.90. The largest absolute Gasteiger partial charge is 0.492 e. The number of hydrogen-bond acceptors (Lipinski definition) is 4. The number of nitrogens with two attached hydrogens (primary N) is 1. The minimum Gasteiger partial charge on any atom is -0.492 e. The molecule has 0 aliphatic carbocycles. The normalized spacial score (nSPS) is 11.1. The first-order chi connectivity index (χ1) is 14.3. The molecule has 4 aromatic rings. The molecule has 0 aliphatic heterocycles. The molecule has 148 valence electrons. The molecule has 0 bridgehead atoms. The van der Waals surface area contributed by atoms with Gasteiger partial charge in [-0.05, 0) is 71.8 Å². The third kappa shape index (κ3) is 4.62. The van der Waals surface area contributed by atoms with Crippen molar-refractivity contribution in [2.45, 2.75) is 12.8 Å². The van der Waals surface area contributed by atoms with Crippen molar-refractivity contribution in [3.63, 3.8) is 0 Å². The van der Waals surface area contributed by atoms with Gasteiger partial charge in [0.25, 0.3) is 0 Å². The summed E-state index contributed by atoms with van der Waals surface area (Å²) >= 11 is 2.33. The van der Waals surface area contributed by atoms with Crippen LogP contribution in [0.25, 0.3) is 21.8 Å². The summed E-state index contributed by atoms with van der Waals surface area (Å²) in [6, 6.07) is 22.8. The van der Waals surface area contributed by atoms with E-state index in [4.69, 9.17) is 15.5 Å². The van der Waals surface area contributed by atoms with Crippen molar-refractivity contribution in [2.75, 3.05) is 25.0 Å². The van der Waals surface area contributed by atoms with Crippen molar-refractivity contribution in [3.05, 3.63) is 75.9 Å². The number of nitrogens with zero attached hydrogens (tertiary/aromatic N) is 1. The number of pyridine rings is 1. The van der Waals surface area contributed by atoms with E-state index < -0.39 is 0 Å². The van der Waals surface area contributed by atoms with Gasteiger partial charge in [-0.25, -0.2) is 4.98 Å². The predicted molar refractivity (Wildman–Crippen MR) is 130 cm³/mol. The van der Waals surface area contributed by atoms with Crippen LogP contribution in [0.5, 0.6) is 5.75 Å². The molecule has 29 heavy (non-hydrogen) atoms. The van der Waals surface area contributed by atoms with Crippen LogP contribution in [-0.2, 0) is 6.42 Å². The zero-order valence-corrected chi connectivity index (χ0v) is 18.4. The average molecular weight is 497 g/mol. The summed E-state index contributed by atoms with van der Waals surface area (Å²) in [5.74, 6) is 0.936. The third-order valence-corrected chi connectivity index (χ3v) is 5.74. The van der Waals surface area contributed by atoms with Crippen molar-refractivity contribution < 1.29 is 4.74 Å². The summed E-state index contributed by atoms with van der Waals surface area (Å²) in [6.45, 7) is 2.17. The smallest absolute Gasteiger partial charge is 0.132 e. The number of halogens is 1. The van der Waals surface area contributed by atoms with Crippen LogP contribution in [0.4, 0.5) is 5.69 Å². The van der Waals surface area contributed by atoms with Crippen LogP contribution in [-0.4, -0.2) is 24.7 Å². The molecule has 0 spiro atoms. The number of ether oxygens (including phenoxy) is 1. The molecule has 5 heteroatoms. The topological polar surface area (TPSA) is 60.2 Å². The molecular formula is C24H24IN3O. The van der Waals surface area contributed by atoms with E-state index in [0.717, 1.165) is 56.2 Å². The van der Waals surface area contributed by atoms with Gasteiger partial charge < -0.3 is 15.8 Å². The molecule has 0 atom stereocenters. The maximum Gasteiger partial charge on any atom is 0.132 e. The molecule has 0 fully saturated rings. The number of anilines is 1. The second-order valence-corrected chi connectivity index (χ2v) is 8.12. The highest BCUT2D eigenvalue weighted by atomic mass is 127. The van der Waals surface area contributed by atoms with Gasteiger partial charge in [-0.15, -0.1) is 0 Å². The van der Waals surface area contributed by atoms with Crippen LogP contribution in [0.1, 0.15) is 12.0 Å². The molecule has 3 aromatic carbocycles. The van der Waals surface area contributed by atoms with Gasteiger partial charge in [-0.3, -0.25) is 0 Å². The minimum atomic E-state index is 0.667. The fourth-order valence-electron chi connectivity index (χ4n) is 3.48. The molecule has 0 amide bonds. The lowest BCUT2D eigenvalue weighted by atomic mass is 10.1. The Morgan fingerprint density at radius 3 is 2.28 bits per heavy atom. The van der Waals surface area contributed by atoms with Gasteiger partial charge in [0.1, 0.15) is 5.75 Å². The fraction of sp³-hybridized carbons (Fsp3) is 0.208. The van der Waals surface area contributed by atoms with Gasteiger partial charge in [-0.2, -0.15) is 0 Å². The minimum absolute atomic E-state index is 0.667. The Bertz CT molecular complexity index is 1080. The molecule has 1 aromatic heterocycles. The van der Waals surface area contributed by atoms with Crippen LogP contribution in [0, 0.1) is 3.57 Å². The Morgan fingerprint density at radius 2 is 1.62 bits per heavy atom. The van der Waals surface area contributed by atoms with E-state index in [9.17, 15) is 0 Å². The number of aromatic nitrogens is 1. The van der Waals surface area contributed by atoms with Crippen LogP contribution in [0.3, 0.4) is 0 Å². The first-order valence-corrected chi connectivity index (χ1v) is 11.0. The molecular weight excluding hydrogens is 473 g/mol. The van der Waals surface area contributed by atoms with Crippen LogP contribution in [0.15, 0.2) is 66.7 Å². The molecule has 0 unspecified atom stereocenters. The van der Waals surface area contributed by atoms with Gasteiger partial charge >= 0.3 is 0 Å². The van der Waals surface area contributed by atoms with Crippen molar-refractivity contribution in [1.29, 1.82) is 0 Å². The number of benzene rings is 3. The van der Waals surface area contributed by atoms with Crippen LogP contribution in [0.2, 0.25) is 0 Å². The number of hydrogen-bond donors (Lipinski definition) is 2. The zero-order valence-electron chi connectivity index (χ0n) is 16.2. The maximum atomic E-state index is 5.99. The van der Waals surface area contributed by atoms with E-state index in [1.54, 1.807) is 0 Å². The summed E-state index contributed by atoms with van der Waals surface area (Å²) in [5.41, 5.74) is 10.1. The number of nitrogens with one attached hydrogen (secondary N) is 1. The molecule has 4 nitrogen and oxygen atoms in total. The summed E-state index contributed by atoms with van der Waals surface area (Å²) < 4.78 is 7.12. The lowest BCUT2D eigenvalue weighted by Crippen LogP contribution is -2.09. The van der Waals surface area contributed by atoms with E-state index in [1.807, 2.05) is 18.2 Å². The molecule has 0 saturated carbocycles. The summed E-state index contributed by atoms with van der Waals surface area (Å²) in [5, 5.41) is 5.92. The Balaban J connectivity index is 1.41. The Kier molecular flexibility index (Phi) is 6.46. The van der Waals surface area contributed by atoms with Gasteiger partial charge in [-0.1, -0.05) is 42.5 Å². The number of rotatable bonds is 8. The summed E-state index contributed by atoms with van der Waals surface area (Å²) in [4.78, 5) is 4.78. The van der Waals surface area contributed by atoms with Gasteiger partial charge in [0.2, 0.25) is 0 Å². The summed E-state index contributed by atoms with van der Waals surface area (Å²) in [6.07, 6.45) is 1.81. The van der Waals surface area contributed by atoms with Gasteiger partial charge in [0.15, 0.2) is 0 Å². The van der Waals surface area contributed by atoms with E-state index in [-0.39, 0.29) is 0 Å². The van der Waals surface area contributed by atoms with Crippen molar-refractivity contribution in [3.8, 4) is 5.75 Å². The van der Waals surface area contributed by atoms with E-state index >= 15 is 0 Å². The highest BCUT2D eigenvalue weighted by molar-refractivity contribution is 14.1. The first-order valence-electron chi connectivity index (χ1n) is 9.89. The molecule has 0 aliphatic rings. The second kappa shape index (κ2) is 9.41. The van der Waals surface area contributed by atoms with E-state index in [1.165, 1.54) is 5.56 Å². The second-order valence-electron chi connectivity index (χ2n) is 6.95.